The molecule has 100 valence electrons. The van der Waals surface area contributed by atoms with Gasteiger partial charge < -0.3 is 15.0 Å². The number of piperidine rings is 1. The highest BCUT2D eigenvalue weighted by Crippen LogP contribution is 2.33. The molecule has 1 N–H and O–H groups in total. The molecule has 0 radical (unpaired) electrons. The molecular weight excluding hydrogens is 240 g/mol. The maximum atomic E-state index is 11.9. The average Bonchev–Trinajstić information content (AvgIpc) is 2.13. The van der Waals surface area contributed by atoms with Crippen molar-refractivity contribution in [2.24, 2.45) is 5.41 Å². The SMILES string of the molecule is CC(C)(C)OC(=O)N1CCCC2(CNC2)C1.Cl. The highest BCUT2D eigenvalue weighted by atomic mass is 35.5. The van der Waals surface area contributed by atoms with Crippen LogP contribution in [0.1, 0.15) is 33.6 Å². The van der Waals surface area contributed by atoms with Crippen LogP contribution in [0.3, 0.4) is 0 Å². The highest BCUT2D eigenvalue weighted by molar-refractivity contribution is 5.85. The maximum absolute atomic E-state index is 11.9. The van der Waals surface area contributed by atoms with Crippen LogP contribution in [0.4, 0.5) is 4.79 Å². The Morgan fingerprint density at radius 1 is 1.35 bits per heavy atom. The van der Waals surface area contributed by atoms with Crippen molar-refractivity contribution in [3.8, 4) is 0 Å². The van der Waals surface area contributed by atoms with Gasteiger partial charge in [-0.1, -0.05) is 0 Å². The summed E-state index contributed by atoms with van der Waals surface area (Å²) in [5.41, 5.74) is -0.0469. The van der Waals surface area contributed by atoms with Gasteiger partial charge in [0.1, 0.15) is 5.60 Å². The van der Waals surface area contributed by atoms with Gasteiger partial charge in [0.2, 0.25) is 0 Å². The van der Waals surface area contributed by atoms with E-state index in [9.17, 15) is 4.79 Å². The van der Waals surface area contributed by atoms with Crippen molar-refractivity contribution in [3.05, 3.63) is 0 Å². The first-order chi connectivity index (χ1) is 7.40. The number of likely N-dealkylation sites (tertiary alicyclic amines) is 1. The van der Waals surface area contributed by atoms with Crippen LogP contribution < -0.4 is 5.32 Å². The smallest absolute Gasteiger partial charge is 0.410 e. The van der Waals surface area contributed by atoms with Gasteiger partial charge in [0, 0.05) is 31.6 Å². The van der Waals surface area contributed by atoms with Gasteiger partial charge in [0.25, 0.3) is 0 Å². The van der Waals surface area contributed by atoms with Gasteiger partial charge in [0.05, 0.1) is 0 Å². The zero-order valence-electron chi connectivity index (χ0n) is 10.9. The monoisotopic (exact) mass is 262 g/mol. The van der Waals surface area contributed by atoms with Crippen LogP contribution in [0.5, 0.6) is 0 Å². The Hall–Kier alpha value is -0.480. The standard InChI is InChI=1S/C12H22N2O2.ClH/c1-11(2,3)16-10(15)14-6-4-5-12(9-14)7-13-8-12;/h13H,4-9H2,1-3H3;1H. The lowest BCUT2D eigenvalue weighted by atomic mass is 9.75. The summed E-state index contributed by atoms with van der Waals surface area (Å²) in [5, 5.41) is 3.30. The van der Waals surface area contributed by atoms with Crippen molar-refractivity contribution in [2.75, 3.05) is 26.2 Å². The Morgan fingerprint density at radius 2 is 2.00 bits per heavy atom. The molecule has 0 aromatic rings. The van der Waals surface area contributed by atoms with Crippen molar-refractivity contribution in [2.45, 2.75) is 39.2 Å². The molecule has 4 nitrogen and oxygen atoms in total. The quantitative estimate of drug-likeness (QED) is 0.726. The lowest BCUT2D eigenvalue weighted by molar-refractivity contribution is -0.00706. The van der Waals surface area contributed by atoms with E-state index < -0.39 is 0 Å². The van der Waals surface area contributed by atoms with Crippen LogP contribution in [0, 0.1) is 5.41 Å². The number of carbonyl (C=O) groups excluding carboxylic acids is 1. The van der Waals surface area contributed by atoms with Crippen LogP contribution in [-0.2, 0) is 4.74 Å². The summed E-state index contributed by atoms with van der Waals surface area (Å²) in [6.07, 6.45) is 2.18. The summed E-state index contributed by atoms with van der Waals surface area (Å²) in [7, 11) is 0. The van der Waals surface area contributed by atoms with E-state index in [1.54, 1.807) is 0 Å². The van der Waals surface area contributed by atoms with Gasteiger partial charge >= 0.3 is 6.09 Å². The molecular formula is C12H23ClN2O2. The summed E-state index contributed by atoms with van der Waals surface area (Å²) < 4.78 is 5.41. The molecule has 5 heteroatoms. The molecule has 2 aliphatic heterocycles. The first-order valence-corrected chi connectivity index (χ1v) is 6.09. The molecule has 2 saturated heterocycles. The highest BCUT2D eigenvalue weighted by Gasteiger charge is 2.42. The van der Waals surface area contributed by atoms with Gasteiger partial charge in [-0.25, -0.2) is 4.79 Å². The van der Waals surface area contributed by atoms with Crippen LogP contribution >= 0.6 is 12.4 Å². The lowest BCUT2D eigenvalue weighted by Gasteiger charge is -2.49. The van der Waals surface area contributed by atoms with Crippen LogP contribution in [0.2, 0.25) is 0 Å². The zero-order chi connectivity index (χ0) is 11.8. The second-order valence-electron chi connectivity index (χ2n) is 6.11. The molecule has 2 rings (SSSR count). The fourth-order valence-corrected chi connectivity index (χ4v) is 2.46. The predicted octanol–water partition coefficient (Wildman–Crippen LogP) is 2.03. The Morgan fingerprint density at radius 3 is 2.47 bits per heavy atom. The van der Waals surface area contributed by atoms with Crippen molar-refractivity contribution in [1.82, 2.24) is 10.2 Å². The first-order valence-electron chi connectivity index (χ1n) is 6.09. The number of nitrogens with one attached hydrogen (secondary N) is 1. The minimum atomic E-state index is -0.389. The van der Waals surface area contributed by atoms with E-state index in [1.807, 2.05) is 25.7 Å². The Kier molecular flexibility index (Phi) is 4.31. The molecule has 17 heavy (non-hydrogen) atoms. The third-order valence-electron chi connectivity index (χ3n) is 3.31. The van der Waals surface area contributed by atoms with Gasteiger partial charge in [-0.3, -0.25) is 0 Å². The van der Waals surface area contributed by atoms with Crippen molar-refractivity contribution in [3.63, 3.8) is 0 Å². The van der Waals surface area contributed by atoms with E-state index >= 15 is 0 Å². The largest absolute Gasteiger partial charge is 0.444 e. The second-order valence-corrected chi connectivity index (χ2v) is 6.11. The van der Waals surface area contributed by atoms with Crippen molar-refractivity contribution in [1.29, 1.82) is 0 Å². The summed E-state index contributed by atoms with van der Waals surface area (Å²) in [5.74, 6) is 0. The fourth-order valence-electron chi connectivity index (χ4n) is 2.46. The molecule has 0 aromatic heterocycles. The summed E-state index contributed by atoms with van der Waals surface area (Å²) >= 11 is 0. The summed E-state index contributed by atoms with van der Waals surface area (Å²) in [6, 6.07) is 0. The van der Waals surface area contributed by atoms with Gasteiger partial charge in [-0.15, -0.1) is 12.4 Å². The third-order valence-corrected chi connectivity index (χ3v) is 3.31. The van der Waals surface area contributed by atoms with E-state index in [1.165, 1.54) is 6.42 Å². The molecule has 0 atom stereocenters. The molecule has 1 amide bonds. The molecule has 0 aliphatic carbocycles. The Balaban J connectivity index is 0.00000144. The number of hydrogen-bond acceptors (Lipinski definition) is 3. The lowest BCUT2D eigenvalue weighted by Crippen LogP contribution is -2.62. The van der Waals surface area contributed by atoms with Gasteiger partial charge in [-0.2, -0.15) is 0 Å². The number of hydrogen-bond donors (Lipinski definition) is 1. The van der Waals surface area contributed by atoms with E-state index in [2.05, 4.69) is 5.32 Å². The fraction of sp³-hybridized carbons (Fsp3) is 0.917. The molecule has 2 fully saturated rings. The Bertz CT molecular complexity index is 285. The zero-order valence-corrected chi connectivity index (χ0v) is 11.7. The normalized spacial score (nSPS) is 22.6. The molecule has 2 heterocycles. The average molecular weight is 263 g/mol. The number of rotatable bonds is 0. The number of nitrogens with zero attached hydrogens (tertiary/aromatic N) is 1. The molecule has 1 spiro atoms. The van der Waals surface area contributed by atoms with E-state index in [0.717, 1.165) is 32.6 Å². The number of ether oxygens (including phenoxy) is 1. The molecule has 0 aromatic carbocycles. The molecule has 0 unspecified atom stereocenters. The van der Waals surface area contributed by atoms with Gasteiger partial charge in [0.15, 0.2) is 0 Å². The molecule has 0 saturated carbocycles. The van der Waals surface area contributed by atoms with Crippen molar-refractivity contribution < 1.29 is 9.53 Å². The van der Waals surface area contributed by atoms with Crippen LogP contribution in [0.15, 0.2) is 0 Å². The number of carbonyl (C=O) groups is 1. The topological polar surface area (TPSA) is 41.6 Å². The number of halogens is 1. The number of amides is 1. The Labute approximate surface area is 109 Å². The predicted molar refractivity (Wildman–Crippen MR) is 69.6 cm³/mol. The third kappa shape index (κ3) is 3.49. The minimum Gasteiger partial charge on any atom is -0.444 e. The maximum Gasteiger partial charge on any atom is 0.410 e. The van der Waals surface area contributed by atoms with E-state index in [-0.39, 0.29) is 24.1 Å². The summed E-state index contributed by atoms with van der Waals surface area (Å²) in [6.45, 7) is 9.53. The second kappa shape index (κ2) is 5.02. The van der Waals surface area contributed by atoms with E-state index in [0.29, 0.717) is 5.41 Å². The van der Waals surface area contributed by atoms with Crippen LogP contribution in [0.25, 0.3) is 0 Å². The van der Waals surface area contributed by atoms with Crippen molar-refractivity contribution >= 4 is 18.5 Å². The van der Waals surface area contributed by atoms with Gasteiger partial charge in [-0.05, 0) is 33.6 Å². The first kappa shape index (κ1) is 14.6. The van der Waals surface area contributed by atoms with Crippen LogP contribution in [-0.4, -0.2) is 42.8 Å². The molecule has 2 aliphatic rings. The summed E-state index contributed by atoms with van der Waals surface area (Å²) in [4.78, 5) is 13.8. The van der Waals surface area contributed by atoms with E-state index in [4.69, 9.17) is 4.74 Å². The minimum absolute atomic E-state index is 0. The molecule has 0 bridgehead atoms.